The highest BCUT2D eigenvalue weighted by Crippen LogP contribution is 2.37. The Balaban J connectivity index is 1.71. The van der Waals surface area contributed by atoms with Crippen molar-refractivity contribution in [3.63, 3.8) is 0 Å². The molecule has 0 aromatic heterocycles. The Hall–Kier alpha value is -2.18. The van der Waals surface area contributed by atoms with Crippen molar-refractivity contribution in [2.24, 2.45) is 0 Å². The molecule has 2 unspecified atom stereocenters. The van der Waals surface area contributed by atoms with E-state index < -0.39 is 10.8 Å². The van der Waals surface area contributed by atoms with Crippen LogP contribution >= 0.6 is 0 Å². The molecule has 168 valence electrons. The van der Waals surface area contributed by atoms with Crippen LogP contribution in [0.3, 0.4) is 0 Å². The van der Waals surface area contributed by atoms with Crippen molar-refractivity contribution < 1.29 is 23.2 Å². The van der Waals surface area contributed by atoms with Gasteiger partial charge in [-0.3, -0.25) is 9.00 Å². The molecule has 1 aliphatic rings. The van der Waals surface area contributed by atoms with Gasteiger partial charge in [-0.2, -0.15) is 0 Å². The van der Waals surface area contributed by atoms with Gasteiger partial charge in [0.1, 0.15) is 30.3 Å². The predicted molar refractivity (Wildman–Crippen MR) is 124 cm³/mol. The Morgan fingerprint density at radius 2 is 1.68 bits per heavy atom. The molecule has 1 saturated heterocycles. The standard InChI is InChI=1S/C25H32O5S/c1-17-11-20(12-18(2)23(17)29-15-25(5)16-30-25)24(3,4)19-7-9-22(10-8-19)28-13-21(26)14-31(6)27/h7-12H,13-16H2,1-6H3. The maximum atomic E-state index is 11.7. The van der Waals surface area contributed by atoms with Crippen molar-refractivity contribution in [2.45, 2.75) is 45.6 Å². The number of Topliss-reactive ketones (excluding diaryl/α,β-unsaturated/α-hetero) is 1. The van der Waals surface area contributed by atoms with Crippen LogP contribution in [0.1, 0.15) is 43.0 Å². The second-order valence-electron chi connectivity index (χ2n) is 9.16. The van der Waals surface area contributed by atoms with Gasteiger partial charge in [-0.05, 0) is 55.2 Å². The molecule has 3 rings (SSSR count). The number of benzene rings is 2. The molecule has 0 N–H and O–H groups in total. The number of carbonyl (C=O) groups excluding carboxylic acids is 1. The Kier molecular flexibility index (Phi) is 6.92. The maximum Gasteiger partial charge on any atom is 0.182 e. The van der Waals surface area contributed by atoms with E-state index in [9.17, 15) is 9.00 Å². The quantitative estimate of drug-likeness (QED) is 0.516. The molecule has 2 aromatic rings. The lowest BCUT2D eigenvalue weighted by Crippen LogP contribution is -2.21. The average molecular weight is 445 g/mol. The minimum absolute atomic E-state index is 0.0236. The zero-order chi connectivity index (χ0) is 22.8. The number of aryl methyl sites for hydroxylation is 2. The van der Waals surface area contributed by atoms with Gasteiger partial charge in [-0.15, -0.1) is 0 Å². The van der Waals surface area contributed by atoms with Crippen LogP contribution in [0, 0.1) is 13.8 Å². The third-order valence-electron chi connectivity index (χ3n) is 5.68. The topological polar surface area (TPSA) is 65.1 Å². The van der Waals surface area contributed by atoms with Crippen LogP contribution < -0.4 is 9.47 Å². The smallest absolute Gasteiger partial charge is 0.182 e. The molecular weight excluding hydrogens is 412 g/mol. The van der Waals surface area contributed by atoms with Crippen molar-refractivity contribution in [3.05, 3.63) is 58.7 Å². The fourth-order valence-electron chi connectivity index (χ4n) is 3.54. The van der Waals surface area contributed by atoms with Gasteiger partial charge < -0.3 is 14.2 Å². The zero-order valence-corrected chi connectivity index (χ0v) is 20.1. The summed E-state index contributed by atoms with van der Waals surface area (Å²) in [6.07, 6.45) is 1.51. The summed E-state index contributed by atoms with van der Waals surface area (Å²) in [5.74, 6) is 1.41. The molecule has 0 amide bonds. The first-order chi connectivity index (χ1) is 14.5. The summed E-state index contributed by atoms with van der Waals surface area (Å²) in [6.45, 7) is 11.9. The summed E-state index contributed by atoms with van der Waals surface area (Å²) in [5, 5.41) is 0. The van der Waals surface area contributed by atoms with Crippen LogP contribution in [0.2, 0.25) is 0 Å². The second-order valence-corrected chi connectivity index (χ2v) is 10.6. The van der Waals surface area contributed by atoms with Crippen LogP contribution in [0.25, 0.3) is 0 Å². The van der Waals surface area contributed by atoms with Crippen LogP contribution in [-0.2, 0) is 25.7 Å². The Bertz CT molecular complexity index is 951. The van der Waals surface area contributed by atoms with E-state index in [2.05, 4.69) is 46.8 Å². The van der Waals surface area contributed by atoms with E-state index in [1.165, 1.54) is 11.8 Å². The van der Waals surface area contributed by atoms with E-state index in [-0.39, 0.29) is 29.2 Å². The molecule has 0 bridgehead atoms. The van der Waals surface area contributed by atoms with Gasteiger partial charge in [0.05, 0.1) is 12.4 Å². The largest absolute Gasteiger partial charge is 0.490 e. The number of rotatable bonds is 10. The highest BCUT2D eigenvalue weighted by Gasteiger charge is 2.40. The predicted octanol–water partition coefficient (Wildman–Crippen LogP) is 4.12. The highest BCUT2D eigenvalue weighted by atomic mass is 32.2. The molecule has 2 atom stereocenters. The van der Waals surface area contributed by atoms with E-state index in [1.54, 1.807) is 0 Å². The normalized spacial score (nSPS) is 19.0. The third-order valence-corrected chi connectivity index (χ3v) is 6.41. The third kappa shape index (κ3) is 5.95. The number of ketones is 1. The van der Waals surface area contributed by atoms with Crippen LogP contribution in [0.5, 0.6) is 11.5 Å². The SMILES string of the molecule is Cc1cc(C(C)(C)c2ccc(OCC(=O)CS(C)=O)cc2)cc(C)c1OCC1(C)CO1. The van der Waals surface area contributed by atoms with Gasteiger partial charge in [-0.1, -0.05) is 38.1 Å². The molecule has 0 spiro atoms. The fraction of sp³-hybridized carbons (Fsp3) is 0.480. The summed E-state index contributed by atoms with van der Waals surface area (Å²) in [5.41, 5.74) is 4.22. The lowest BCUT2D eigenvalue weighted by molar-refractivity contribution is -0.118. The van der Waals surface area contributed by atoms with Crippen molar-refractivity contribution in [3.8, 4) is 11.5 Å². The van der Waals surface area contributed by atoms with Crippen molar-refractivity contribution in [1.82, 2.24) is 0 Å². The molecular formula is C25H32O5S. The first-order valence-corrected chi connectivity index (χ1v) is 12.2. The maximum absolute atomic E-state index is 11.7. The number of hydrogen-bond donors (Lipinski definition) is 0. The van der Waals surface area contributed by atoms with Gasteiger partial charge in [0.15, 0.2) is 5.78 Å². The van der Waals surface area contributed by atoms with Crippen LogP contribution in [-0.4, -0.2) is 47.4 Å². The summed E-state index contributed by atoms with van der Waals surface area (Å²) in [7, 11) is -1.14. The zero-order valence-electron chi connectivity index (χ0n) is 19.2. The van der Waals surface area contributed by atoms with E-state index in [0.29, 0.717) is 12.4 Å². The first kappa shape index (κ1) is 23.5. The van der Waals surface area contributed by atoms with Crippen molar-refractivity contribution in [2.75, 3.05) is 31.8 Å². The van der Waals surface area contributed by atoms with Crippen molar-refractivity contribution >= 4 is 16.6 Å². The molecule has 1 aliphatic heterocycles. The number of carbonyl (C=O) groups is 1. The van der Waals surface area contributed by atoms with Gasteiger partial charge in [0, 0.05) is 22.5 Å². The Morgan fingerprint density at radius 3 is 2.19 bits per heavy atom. The minimum Gasteiger partial charge on any atom is -0.490 e. The van der Waals surface area contributed by atoms with Gasteiger partial charge in [0.2, 0.25) is 0 Å². The number of epoxide rings is 1. The lowest BCUT2D eigenvalue weighted by atomic mass is 9.77. The minimum atomic E-state index is -1.14. The molecule has 5 nitrogen and oxygen atoms in total. The molecule has 6 heteroatoms. The Morgan fingerprint density at radius 1 is 1.10 bits per heavy atom. The molecule has 31 heavy (non-hydrogen) atoms. The van der Waals surface area contributed by atoms with E-state index in [0.717, 1.165) is 29.0 Å². The summed E-state index contributed by atoms with van der Waals surface area (Å²) >= 11 is 0. The monoisotopic (exact) mass is 444 g/mol. The Labute approximate surface area is 187 Å². The molecule has 2 aromatic carbocycles. The number of ether oxygens (including phenoxy) is 3. The van der Waals surface area contributed by atoms with Crippen LogP contribution in [0.15, 0.2) is 36.4 Å². The summed E-state index contributed by atoms with van der Waals surface area (Å²) in [4.78, 5) is 11.7. The van der Waals surface area contributed by atoms with Crippen LogP contribution in [0.4, 0.5) is 0 Å². The lowest BCUT2D eigenvalue weighted by Gasteiger charge is -2.28. The van der Waals surface area contributed by atoms with Gasteiger partial charge >= 0.3 is 0 Å². The number of hydrogen-bond acceptors (Lipinski definition) is 5. The van der Waals surface area contributed by atoms with E-state index in [4.69, 9.17) is 14.2 Å². The van der Waals surface area contributed by atoms with E-state index >= 15 is 0 Å². The molecule has 1 heterocycles. The molecule has 0 saturated carbocycles. The van der Waals surface area contributed by atoms with E-state index in [1.807, 2.05) is 24.3 Å². The molecule has 0 radical (unpaired) electrons. The summed E-state index contributed by atoms with van der Waals surface area (Å²) < 4.78 is 28.2. The van der Waals surface area contributed by atoms with Gasteiger partial charge in [0.25, 0.3) is 0 Å². The highest BCUT2D eigenvalue weighted by molar-refractivity contribution is 7.85. The fourth-order valence-corrected chi connectivity index (χ4v) is 4.07. The summed E-state index contributed by atoms with van der Waals surface area (Å²) in [6, 6.07) is 12.2. The second kappa shape index (κ2) is 9.13. The van der Waals surface area contributed by atoms with Gasteiger partial charge in [-0.25, -0.2) is 0 Å². The molecule has 1 fully saturated rings. The average Bonchev–Trinajstić information content (AvgIpc) is 3.42. The van der Waals surface area contributed by atoms with Crippen molar-refractivity contribution in [1.29, 1.82) is 0 Å². The molecule has 0 aliphatic carbocycles. The first-order valence-electron chi connectivity index (χ1n) is 10.4.